The summed E-state index contributed by atoms with van der Waals surface area (Å²) in [4.78, 5) is 11.1. The number of hydrogen-bond acceptors (Lipinski definition) is 6. The highest BCUT2D eigenvalue weighted by Gasteiger charge is 2.41. The van der Waals surface area contributed by atoms with Gasteiger partial charge in [-0.1, -0.05) is 5.16 Å². The van der Waals surface area contributed by atoms with Crippen molar-refractivity contribution in [1.82, 2.24) is 15.1 Å². The lowest BCUT2D eigenvalue weighted by atomic mass is 9.98. The summed E-state index contributed by atoms with van der Waals surface area (Å²) in [6.07, 6.45) is 6.07. The normalized spacial score (nSPS) is 30.2. The van der Waals surface area contributed by atoms with Crippen molar-refractivity contribution in [1.29, 1.82) is 0 Å². The highest BCUT2D eigenvalue weighted by atomic mass is 16.5. The Kier molecular flexibility index (Phi) is 2.29. The molecule has 19 heavy (non-hydrogen) atoms. The van der Waals surface area contributed by atoms with Gasteiger partial charge in [-0.05, 0) is 32.6 Å². The Hall–Kier alpha value is -1.69. The van der Waals surface area contributed by atoms with Crippen molar-refractivity contribution in [3.05, 3.63) is 12.0 Å². The Morgan fingerprint density at radius 3 is 2.74 bits per heavy atom. The maximum atomic E-state index is 6.13. The molecule has 2 N–H and O–H groups in total. The molecule has 2 aliphatic heterocycles. The summed E-state index contributed by atoms with van der Waals surface area (Å²) in [6.45, 7) is 1.94. The first-order chi connectivity index (χ1) is 9.24. The Morgan fingerprint density at radius 2 is 2.00 bits per heavy atom. The predicted octanol–water partition coefficient (Wildman–Crippen LogP) is 1.38. The first kappa shape index (κ1) is 11.2. The van der Waals surface area contributed by atoms with Crippen LogP contribution in [0.5, 0.6) is 0 Å². The first-order valence-corrected chi connectivity index (χ1v) is 6.85. The second kappa shape index (κ2) is 3.90. The van der Waals surface area contributed by atoms with E-state index in [4.69, 9.17) is 10.3 Å². The van der Waals surface area contributed by atoms with E-state index < -0.39 is 0 Å². The molecule has 2 fully saturated rings. The van der Waals surface area contributed by atoms with E-state index >= 15 is 0 Å². The van der Waals surface area contributed by atoms with Crippen LogP contribution >= 0.6 is 0 Å². The summed E-state index contributed by atoms with van der Waals surface area (Å²) < 4.78 is 5.24. The number of nitrogens with two attached hydrogens (primary N) is 1. The molecule has 2 aromatic heterocycles. The third-order valence-electron chi connectivity index (χ3n) is 4.44. The number of nitrogens with zero attached hydrogens (tertiary/aromatic N) is 4. The summed E-state index contributed by atoms with van der Waals surface area (Å²) in [7, 11) is 0. The van der Waals surface area contributed by atoms with Gasteiger partial charge in [-0.15, -0.1) is 0 Å². The zero-order chi connectivity index (χ0) is 13.0. The average Bonchev–Trinajstić information content (AvgIpc) is 2.89. The highest BCUT2D eigenvalue weighted by Crippen LogP contribution is 2.40. The van der Waals surface area contributed by atoms with Gasteiger partial charge in [-0.25, -0.2) is 4.98 Å². The lowest BCUT2D eigenvalue weighted by Crippen LogP contribution is -2.48. The number of hydrogen-bond donors (Lipinski definition) is 1. The van der Waals surface area contributed by atoms with Crippen molar-refractivity contribution in [3.63, 3.8) is 0 Å². The predicted molar refractivity (Wildman–Crippen MR) is 70.8 cm³/mol. The Labute approximate surface area is 111 Å². The van der Waals surface area contributed by atoms with Crippen LogP contribution in [-0.2, 0) is 0 Å². The molecule has 2 aromatic rings. The Bertz CT molecular complexity index is 611. The number of anilines is 1. The smallest absolute Gasteiger partial charge is 0.263 e. The van der Waals surface area contributed by atoms with Crippen LogP contribution in [-0.4, -0.2) is 33.3 Å². The van der Waals surface area contributed by atoms with E-state index in [1.54, 1.807) is 6.33 Å². The number of rotatable bonds is 1. The first-order valence-electron chi connectivity index (χ1n) is 6.85. The molecule has 100 valence electrons. The molecule has 2 atom stereocenters. The van der Waals surface area contributed by atoms with Crippen LogP contribution in [0.3, 0.4) is 0 Å². The fraction of sp³-hybridized carbons (Fsp3) is 0.615. The molecule has 2 unspecified atom stereocenters. The van der Waals surface area contributed by atoms with Crippen LogP contribution < -0.4 is 10.6 Å². The zero-order valence-electron chi connectivity index (χ0n) is 10.9. The fourth-order valence-electron chi connectivity index (χ4n) is 3.66. The van der Waals surface area contributed by atoms with E-state index in [-0.39, 0.29) is 0 Å². The monoisotopic (exact) mass is 259 g/mol. The lowest BCUT2D eigenvalue weighted by molar-refractivity contribution is 0.412. The van der Waals surface area contributed by atoms with Gasteiger partial charge in [-0.2, -0.15) is 4.98 Å². The fourth-order valence-corrected chi connectivity index (χ4v) is 3.66. The van der Waals surface area contributed by atoms with Gasteiger partial charge in [0.1, 0.15) is 17.5 Å². The van der Waals surface area contributed by atoms with Crippen molar-refractivity contribution < 1.29 is 4.52 Å². The van der Waals surface area contributed by atoms with Gasteiger partial charge in [0.2, 0.25) is 0 Å². The molecule has 2 aliphatic rings. The second-order valence-electron chi connectivity index (χ2n) is 5.67. The number of aryl methyl sites for hydroxylation is 1. The zero-order valence-corrected chi connectivity index (χ0v) is 10.9. The maximum Gasteiger partial charge on any atom is 0.263 e. The van der Waals surface area contributed by atoms with Gasteiger partial charge in [0.15, 0.2) is 0 Å². The summed E-state index contributed by atoms with van der Waals surface area (Å²) in [5, 5.41) is 4.96. The number of piperidine rings is 1. The van der Waals surface area contributed by atoms with E-state index in [0.29, 0.717) is 23.8 Å². The van der Waals surface area contributed by atoms with Gasteiger partial charge >= 0.3 is 0 Å². The van der Waals surface area contributed by atoms with Crippen LogP contribution in [0.15, 0.2) is 10.9 Å². The SMILES string of the molecule is Cc1noc2ncnc(N3C4CCC3CC(N)C4)c12. The third kappa shape index (κ3) is 1.56. The highest BCUT2D eigenvalue weighted by molar-refractivity contribution is 5.88. The number of aromatic nitrogens is 3. The maximum absolute atomic E-state index is 6.13. The van der Waals surface area contributed by atoms with Crippen molar-refractivity contribution in [2.75, 3.05) is 4.90 Å². The molecule has 6 heteroatoms. The van der Waals surface area contributed by atoms with E-state index in [1.165, 1.54) is 12.8 Å². The topological polar surface area (TPSA) is 81.1 Å². The van der Waals surface area contributed by atoms with Crippen molar-refractivity contribution in [2.24, 2.45) is 5.73 Å². The Morgan fingerprint density at radius 1 is 1.26 bits per heavy atom. The molecule has 2 saturated heterocycles. The molecule has 0 aliphatic carbocycles. The summed E-state index contributed by atoms with van der Waals surface area (Å²) in [5.74, 6) is 0.975. The minimum atomic E-state index is 0.328. The van der Waals surface area contributed by atoms with Gasteiger partial charge in [0.25, 0.3) is 5.71 Å². The van der Waals surface area contributed by atoms with Crippen molar-refractivity contribution in [3.8, 4) is 0 Å². The van der Waals surface area contributed by atoms with Gasteiger partial charge in [-0.3, -0.25) is 0 Å². The molecular formula is C13H17N5O. The average molecular weight is 259 g/mol. The minimum Gasteiger partial charge on any atom is -0.350 e. The van der Waals surface area contributed by atoms with Gasteiger partial charge in [0, 0.05) is 18.1 Å². The Balaban J connectivity index is 1.85. The van der Waals surface area contributed by atoms with Crippen LogP contribution in [0.1, 0.15) is 31.4 Å². The van der Waals surface area contributed by atoms with Gasteiger partial charge < -0.3 is 15.2 Å². The molecule has 4 heterocycles. The molecule has 4 rings (SSSR count). The molecular weight excluding hydrogens is 242 g/mol. The largest absolute Gasteiger partial charge is 0.350 e. The van der Waals surface area contributed by atoms with E-state index in [0.717, 1.165) is 29.7 Å². The molecule has 0 radical (unpaired) electrons. The molecule has 0 amide bonds. The lowest BCUT2D eigenvalue weighted by Gasteiger charge is -2.38. The van der Waals surface area contributed by atoms with E-state index in [2.05, 4.69) is 20.0 Å². The van der Waals surface area contributed by atoms with Crippen LogP contribution in [0.25, 0.3) is 11.1 Å². The standard InChI is InChI=1S/C13H17N5O/c1-7-11-12(15-6-16-13(11)19-17-7)18-9-2-3-10(18)5-8(14)4-9/h6,8-10H,2-5,14H2,1H3. The van der Waals surface area contributed by atoms with Crippen LogP contribution in [0, 0.1) is 6.92 Å². The van der Waals surface area contributed by atoms with Crippen molar-refractivity contribution >= 4 is 16.9 Å². The van der Waals surface area contributed by atoms with Crippen LogP contribution in [0.4, 0.5) is 5.82 Å². The molecule has 0 spiro atoms. The minimum absolute atomic E-state index is 0.328. The summed E-state index contributed by atoms with van der Waals surface area (Å²) >= 11 is 0. The third-order valence-corrected chi connectivity index (χ3v) is 4.44. The summed E-state index contributed by atoms with van der Waals surface area (Å²) in [5.41, 5.74) is 7.57. The van der Waals surface area contributed by atoms with E-state index in [1.807, 2.05) is 6.92 Å². The van der Waals surface area contributed by atoms with E-state index in [9.17, 15) is 0 Å². The number of fused-ring (bicyclic) bond motifs is 3. The molecule has 0 saturated carbocycles. The summed E-state index contributed by atoms with van der Waals surface area (Å²) in [6, 6.07) is 1.33. The molecule has 2 bridgehead atoms. The van der Waals surface area contributed by atoms with Gasteiger partial charge in [0.05, 0.1) is 5.69 Å². The van der Waals surface area contributed by atoms with Crippen molar-refractivity contribution in [2.45, 2.75) is 50.7 Å². The quantitative estimate of drug-likeness (QED) is 0.833. The molecule has 6 nitrogen and oxygen atoms in total. The molecule has 0 aromatic carbocycles. The second-order valence-corrected chi connectivity index (χ2v) is 5.67. The van der Waals surface area contributed by atoms with Crippen LogP contribution in [0.2, 0.25) is 0 Å².